The highest BCUT2D eigenvalue weighted by atomic mass is 19.1. The summed E-state index contributed by atoms with van der Waals surface area (Å²) >= 11 is 0. The Labute approximate surface area is 141 Å². The van der Waals surface area contributed by atoms with E-state index in [1.54, 1.807) is 17.0 Å². The summed E-state index contributed by atoms with van der Waals surface area (Å²) < 4.78 is 18.8. The normalized spacial score (nSPS) is 15.1. The van der Waals surface area contributed by atoms with Crippen molar-refractivity contribution in [2.24, 2.45) is 0 Å². The molecule has 1 aliphatic heterocycles. The Balaban J connectivity index is 1.76. The van der Waals surface area contributed by atoms with Gasteiger partial charge in [-0.1, -0.05) is 12.1 Å². The van der Waals surface area contributed by atoms with E-state index in [1.165, 1.54) is 19.1 Å². The summed E-state index contributed by atoms with van der Waals surface area (Å²) in [7, 11) is 0. The average Bonchev–Trinajstić information content (AvgIpc) is 2.57. The van der Waals surface area contributed by atoms with E-state index in [2.05, 4.69) is 10.2 Å². The highest BCUT2D eigenvalue weighted by molar-refractivity contribution is 5.91. The molecule has 0 unspecified atom stereocenters. The van der Waals surface area contributed by atoms with Gasteiger partial charge in [0.2, 0.25) is 11.8 Å². The molecule has 1 saturated heterocycles. The number of hydrogen-bond acceptors (Lipinski definition) is 4. The van der Waals surface area contributed by atoms with Crippen molar-refractivity contribution >= 4 is 17.5 Å². The van der Waals surface area contributed by atoms with Crippen molar-refractivity contribution in [3.05, 3.63) is 30.1 Å². The van der Waals surface area contributed by atoms with Gasteiger partial charge in [-0.2, -0.15) is 0 Å². The second-order valence-corrected chi connectivity index (χ2v) is 5.74. The molecule has 1 aromatic carbocycles. The van der Waals surface area contributed by atoms with Crippen LogP contribution in [0.15, 0.2) is 24.3 Å². The average molecular weight is 337 g/mol. The van der Waals surface area contributed by atoms with Crippen molar-refractivity contribution in [1.29, 1.82) is 0 Å². The van der Waals surface area contributed by atoms with Crippen LogP contribution in [0.2, 0.25) is 0 Å². The van der Waals surface area contributed by atoms with Gasteiger partial charge in [0.05, 0.1) is 18.9 Å². The van der Waals surface area contributed by atoms with E-state index in [-0.39, 0.29) is 23.9 Å². The van der Waals surface area contributed by atoms with Crippen molar-refractivity contribution in [3.63, 3.8) is 0 Å². The number of benzene rings is 1. The number of carbonyl (C=O) groups is 2. The second kappa shape index (κ2) is 9.34. The predicted octanol–water partition coefficient (Wildman–Crippen LogP) is 1.34. The van der Waals surface area contributed by atoms with Gasteiger partial charge >= 0.3 is 0 Å². The third-order valence-electron chi connectivity index (χ3n) is 3.99. The first-order valence-electron chi connectivity index (χ1n) is 8.16. The van der Waals surface area contributed by atoms with Gasteiger partial charge < -0.3 is 15.0 Å². The van der Waals surface area contributed by atoms with Crippen LogP contribution in [0.25, 0.3) is 0 Å². The Kier molecular flexibility index (Phi) is 7.14. The Morgan fingerprint density at radius 1 is 1.25 bits per heavy atom. The summed E-state index contributed by atoms with van der Waals surface area (Å²) in [5.41, 5.74) is 0.158. The maximum Gasteiger partial charge on any atom is 0.226 e. The Morgan fingerprint density at radius 3 is 2.62 bits per heavy atom. The van der Waals surface area contributed by atoms with Crippen LogP contribution in [0.3, 0.4) is 0 Å². The first-order chi connectivity index (χ1) is 11.6. The second-order valence-electron chi connectivity index (χ2n) is 5.74. The van der Waals surface area contributed by atoms with E-state index in [0.29, 0.717) is 26.3 Å². The number of para-hydroxylation sites is 1. The highest BCUT2D eigenvalue weighted by Gasteiger charge is 2.15. The predicted molar refractivity (Wildman–Crippen MR) is 89.2 cm³/mol. The lowest BCUT2D eigenvalue weighted by Gasteiger charge is -2.29. The van der Waals surface area contributed by atoms with E-state index in [4.69, 9.17) is 4.74 Å². The minimum atomic E-state index is -0.471. The Morgan fingerprint density at radius 2 is 1.96 bits per heavy atom. The molecular formula is C17H24FN3O3. The molecule has 1 N–H and O–H groups in total. The van der Waals surface area contributed by atoms with Crippen LogP contribution in [0.1, 0.15) is 13.3 Å². The number of amides is 2. The molecule has 0 aliphatic carbocycles. The van der Waals surface area contributed by atoms with Crippen molar-refractivity contribution in [2.45, 2.75) is 13.3 Å². The topological polar surface area (TPSA) is 61.9 Å². The molecule has 0 atom stereocenters. The third-order valence-corrected chi connectivity index (χ3v) is 3.99. The SMILES string of the molecule is CC(=O)N(CCC(=O)Nc1ccccc1F)CCN1CCOCC1. The molecule has 0 aromatic heterocycles. The van der Waals surface area contributed by atoms with Gasteiger partial charge in [0.1, 0.15) is 5.82 Å². The van der Waals surface area contributed by atoms with E-state index < -0.39 is 5.82 Å². The Hall–Kier alpha value is -1.99. The van der Waals surface area contributed by atoms with Crippen LogP contribution < -0.4 is 5.32 Å². The summed E-state index contributed by atoms with van der Waals surface area (Å²) in [6.07, 6.45) is 0.136. The fraction of sp³-hybridized carbons (Fsp3) is 0.529. The summed E-state index contributed by atoms with van der Waals surface area (Å²) in [6, 6.07) is 6.02. The molecular weight excluding hydrogens is 313 g/mol. The number of halogens is 1. The lowest BCUT2D eigenvalue weighted by atomic mass is 10.3. The van der Waals surface area contributed by atoms with Gasteiger partial charge in [-0.3, -0.25) is 14.5 Å². The van der Waals surface area contributed by atoms with Gasteiger partial charge in [0.15, 0.2) is 0 Å². The quantitative estimate of drug-likeness (QED) is 0.815. The molecule has 1 aliphatic rings. The summed E-state index contributed by atoms with van der Waals surface area (Å²) in [4.78, 5) is 27.6. The fourth-order valence-corrected chi connectivity index (χ4v) is 2.53. The van der Waals surface area contributed by atoms with Crippen LogP contribution in [-0.2, 0) is 14.3 Å². The maximum atomic E-state index is 13.5. The third kappa shape index (κ3) is 5.90. The van der Waals surface area contributed by atoms with Crippen LogP contribution in [-0.4, -0.2) is 67.6 Å². The molecule has 1 fully saturated rings. The van der Waals surface area contributed by atoms with Crippen molar-refractivity contribution < 1.29 is 18.7 Å². The van der Waals surface area contributed by atoms with Crippen molar-refractivity contribution in [1.82, 2.24) is 9.80 Å². The van der Waals surface area contributed by atoms with Gasteiger partial charge in [-0.25, -0.2) is 4.39 Å². The number of nitrogens with zero attached hydrogens (tertiary/aromatic N) is 2. The van der Waals surface area contributed by atoms with E-state index >= 15 is 0 Å². The van der Waals surface area contributed by atoms with Crippen LogP contribution in [0.5, 0.6) is 0 Å². The molecule has 1 heterocycles. The van der Waals surface area contributed by atoms with E-state index in [0.717, 1.165) is 19.6 Å². The number of morpholine rings is 1. The minimum Gasteiger partial charge on any atom is -0.379 e. The number of hydrogen-bond donors (Lipinski definition) is 1. The molecule has 132 valence electrons. The molecule has 2 amide bonds. The number of carbonyl (C=O) groups excluding carboxylic acids is 2. The maximum absolute atomic E-state index is 13.5. The monoisotopic (exact) mass is 337 g/mol. The van der Waals surface area contributed by atoms with E-state index in [1.807, 2.05) is 0 Å². The summed E-state index contributed by atoms with van der Waals surface area (Å²) in [6.45, 7) is 6.30. The standard InChI is InChI=1S/C17H24FN3O3/c1-14(22)21(9-8-20-10-12-24-13-11-20)7-6-17(23)19-16-5-3-2-4-15(16)18/h2-5H,6-13H2,1H3,(H,19,23). The lowest BCUT2D eigenvalue weighted by molar-refractivity contribution is -0.129. The summed E-state index contributed by atoms with van der Waals surface area (Å²) in [5, 5.41) is 2.53. The molecule has 0 radical (unpaired) electrons. The molecule has 0 bridgehead atoms. The van der Waals surface area contributed by atoms with Gasteiger partial charge in [-0.05, 0) is 12.1 Å². The zero-order valence-corrected chi connectivity index (χ0v) is 14.0. The van der Waals surface area contributed by atoms with Crippen molar-refractivity contribution in [2.75, 3.05) is 51.3 Å². The van der Waals surface area contributed by atoms with E-state index in [9.17, 15) is 14.0 Å². The lowest BCUT2D eigenvalue weighted by Crippen LogP contribution is -2.43. The number of rotatable bonds is 7. The molecule has 0 saturated carbocycles. The minimum absolute atomic E-state index is 0.0676. The van der Waals surface area contributed by atoms with Crippen LogP contribution in [0.4, 0.5) is 10.1 Å². The van der Waals surface area contributed by atoms with Crippen LogP contribution in [0, 0.1) is 5.82 Å². The van der Waals surface area contributed by atoms with Crippen molar-refractivity contribution in [3.8, 4) is 0 Å². The van der Waals surface area contributed by atoms with Gasteiger partial charge in [0.25, 0.3) is 0 Å². The zero-order chi connectivity index (χ0) is 17.4. The molecule has 2 rings (SSSR count). The van der Waals surface area contributed by atoms with Gasteiger partial charge in [0, 0.05) is 46.1 Å². The molecule has 1 aromatic rings. The molecule has 24 heavy (non-hydrogen) atoms. The number of anilines is 1. The molecule has 0 spiro atoms. The van der Waals surface area contributed by atoms with Gasteiger partial charge in [-0.15, -0.1) is 0 Å². The number of ether oxygens (including phenoxy) is 1. The van der Waals surface area contributed by atoms with Crippen LogP contribution >= 0.6 is 0 Å². The molecule has 7 heteroatoms. The Bertz CT molecular complexity index is 562. The largest absolute Gasteiger partial charge is 0.379 e. The first-order valence-corrected chi connectivity index (χ1v) is 8.16. The fourth-order valence-electron chi connectivity index (χ4n) is 2.53. The first kappa shape index (κ1) is 18.4. The highest BCUT2D eigenvalue weighted by Crippen LogP contribution is 2.12. The smallest absolute Gasteiger partial charge is 0.226 e. The summed E-state index contributed by atoms with van der Waals surface area (Å²) in [5.74, 6) is -0.846. The zero-order valence-electron chi connectivity index (χ0n) is 14.0. The molecule has 6 nitrogen and oxygen atoms in total. The number of nitrogens with one attached hydrogen (secondary N) is 1.